The van der Waals surface area contributed by atoms with Gasteiger partial charge in [0.2, 0.25) is 5.82 Å². The van der Waals surface area contributed by atoms with Crippen molar-refractivity contribution in [2.75, 3.05) is 19.0 Å². The molecule has 0 spiro atoms. The molecule has 0 aliphatic rings. The minimum atomic E-state index is -1.21. The Kier molecular flexibility index (Phi) is 3.67. The smallest absolute Gasteiger partial charge is 0.373 e. The number of H-pyrrole nitrogens is 1. The third kappa shape index (κ3) is 2.84. The van der Waals surface area contributed by atoms with Gasteiger partial charge in [-0.2, -0.15) is 4.98 Å². The van der Waals surface area contributed by atoms with Gasteiger partial charge in [-0.25, -0.2) is 4.79 Å². The van der Waals surface area contributed by atoms with E-state index in [0.717, 1.165) is 11.1 Å². The van der Waals surface area contributed by atoms with Crippen LogP contribution in [0.25, 0.3) is 10.9 Å². The third-order valence-corrected chi connectivity index (χ3v) is 3.13. The lowest BCUT2D eigenvalue weighted by Crippen LogP contribution is -2.09. The molecule has 3 rings (SSSR count). The van der Waals surface area contributed by atoms with Crippen LogP contribution in [-0.4, -0.2) is 45.3 Å². The number of carbonyl (C=O) groups is 1. The van der Waals surface area contributed by atoms with Crippen molar-refractivity contribution in [1.29, 1.82) is 0 Å². The topological polar surface area (TPSA) is 120 Å². The van der Waals surface area contributed by atoms with E-state index in [1.54, 1.807) is 12.3 Å². The highest BCUT2D eigenvalue weighted by Gasteiger charge is 2.10. The summed E-state index contributed by atoms with van der Waals surface area (Å²) in [4.78, 5) is 20.8. The summed E-state index contributed by atoms with van der Waals surface area (Å²) < 4.78 is 0. The van der Waals surface area contributed by atoms with Gasteiger partial charge in [-0.1, -0.05) is 0 Å². The molecule has 0 aliphatic carbocycles. The van der Waals surface area contributed by atoms with E-state index in [9.17, 15) is 4.79 Å². The van der Waals surface area contributed by atoms with E-state index in [1.165, 1.54) is 0 Å². The molecule has 9 nitrogen and oxygen atoms in total. The van der Waals surface area contributed by atoms with Gasteiger partial charge in [-0.05, 0) is 24.3 Å². The second kappa shape index (κ2) is 5.79. The van der Waals surface area contributed by atoms with Crippen LogP contribution in [0.3, 0.4) is 0 Å². The summed E-state index contributed by atoms with van der Waals surface area (Å²) in [5.41, 5.74) is 2.25. The van der Waals surface area contributed by atoms with Crippen LogP contribution in [0.5, 0.6) is 0 Å². The molecule has 0 saturated heterocycles. The van der Waals surface area contributed by atoms with Gasteiger partial charge >= 0.3 is 5.97 Å². The quantitative estimate of drug-likeness (QED) is 0.714. The van der Waals surface area contributed by atoms with Crippen molar-refractivity contribution < 1.29 is 9.90 Å². The van der Waals surface area contributed by atoms with Gasteiger partial charge in [0.25, 0.3) is 5.95 Å². The van der Waals surface area contributed by atoms with Crippen LogP contribution >= 0.6 is 0 Å². The maximum atomic E-state index is 10.7. The summed E-state index contributed by atoms with van der Waals surface area (Å²) in [6.07, 6.45) is 1.68. The fourth-order valence-corrected chi connectivity index (χ4v) is 2.11. The number of hydrogen-bond acceptors (Lipinski definition) is 7. The lowest BCUT2D eigenvalue weighted by Gasteiger charge is -2.15. The number of fused-ring (bicyclic) bond motifs is 1. The third-order valence-electron chi connectivity index (χ3n) is 3.13. The second-order valence-electron chi connectivity index (χ2n) is 4.89. The Bertz CT molecular complexity index is 901. The monoisotopic (exact) mass is 311 g/mol. The van der Waals surface area contributed by atoms with Crippen LogP contribution in [0.4, 0.5) is 17.3 Å². The highest BCUT2D eigenvalue weighted by atomic mass is 16.4. The number of pyridine rings is 1. The maximum absolute atomic E-state index is 10.7. The van der Waals surface area contributed by atoms with E-state index in [2.05, 4.69) is 30.4 Å². The Morgan fingerprint density at radius 3 is 2.78 bits per heavy atom. The molecule has 0 unspecified atom stereocenters. The number of benzene rings is 1. The fourth-order valence-electron chi connectivity index (χ4n) is 2.11. The van der Waals surface area contributed by atoms with Crippen molar-refractivity contribution in [2.45, 2.75) is 0 Å². The van der Waals surface area contributed by atoms with Crippen LogP contribution in [0.2, 0.25) is 0 Å². The van der Waals surface area contributed by atoms with Gasteiger partial charge in [-0.15, -0.1) is 15.3 Å². The van der Waals surface area contributed by atoms with Gasteiger partial charge in [0.05, 0.1) is 5.52 Å². The molecule has 2 N–H and O–H groups in total. The zero-order valence-corrected chi connectivity index (χ0v) is 12.4. The first-order valence-corrected chi connectivity index (χ1v) is 6.69. The minimum Gasteiger partial charge on any atom is -0.475 e. The van der Waals surface area contributed by atoms with Gasteiger partial charge in [0.15, 0.2) is 0 Å². The number of anilines is 1. The summed E-state index contributed by atoms with van der Waals surface area (Å²) in [5, 5.41) is 23.6. The number of azo groups is 1. The predicted octanol–water partition coefficient (Wildman–Crippen LogP) is 2.53. The SMILES string of the molecule is CN(C)c1ccc(N=Nc2n[nH]c(C(=O)O)n2)c2ncccc12. The Morgan fingerprint density at radius 1 is 1.26 bits per heavy atom. The molecule has 116 valence electrons. The molecule has 2 aromatic heterocycles. The standard InChI is InChI=1S/C14H13N7O2/c1-21(2)10-6-5-9(11-8(10)4-3-7-15-11)17-19-14-16-12(13(22)23)18-20-14/h3-7H,1-2H3,(H,22,23)(H,16,18,20). The van der Waals surface area contributed by atoms with Crippen molar-refractivity contribution >= 4 is 34.2 Å². The van der Waals surface area contributed by atoms with E-state index in [-0.39, 0.29) is 11.8 Å². The van der Waals surface area contributed by atoms with Gasteiger partial charge in [0, 0.05) is 31.4 Å². The van der Waals surface area contributed by atoms with Crippen LogP contribution < -0.4 is 4.90 Å². The summed E-state index contributed by atoms with van der Waals surface area (Å²) in [7, 11) is 3.90. The van der Waals surface area contributed by atoms with Gasteiger partial charge < -0.3 is 10.0 Å². The molecule has 3 aromatic rings. The maximum Gasteiger partial charge on any atom is 0.373 e. The predicted molar refractivity (Wildman–Crippen MR) is 83.6 cm³/mol. The molecule has 2 heterocycles. The molecule has 1 aromatic carbocycles. The van der Waals surface area contributed by atoms with Gasteiger partial charge in [0.1, 0.15) is 5.69 Å². The number of rotatable bonds is 4. The number of nitrogens with zero attached hydrogens (tertiary/aromatic N) is 6. The minimum absolute atomic E-state index is 0.0526. The Balaban J connectivity index is 2.01. The highest BCUT2D eigenvalue weighted by molar-refractivity contribution is 5.98. The number of aromatic carboxylic acids is 1. The van der Waals surface area contributed by atoms with E-state index in [0.29, 0.717) is 11.2 Å². The summed E-state index contributed by atoms with van der Waals surface area (Å²) >= 11 is 0. The lowest BCUT2D eigenvalue weighted by atomic mass is 10.1. The number of carboxylic acids is 1. The first kappa shape index (κ1) is 14.6. The van der Waals surface area contributed by atoms with Crippen molar-refractivity contribution in [1.82, 2.24) is 20.2 Å². The first-order chi connectivity index (χ1) is 11.1. The van der Waals surface area contributed by atoms with Crippen molar-refractivity contribution in [3.8, 4) is 0 Å². The molecule has 9 heteroatoms. The van der Waals surface area contributed by atoms with E-state index in [1.807, 2.05) is 37.2 Å². The molecule has 0 bridgehead atoms. The fraction of sp³-hybridized carbons (Fsp3) is 0.143. The molecule has 0 radical (unpaired) electrons. The van der Waals surface area contributed by atoms with E-state index < -0.39 is 5.97 Å². The summed E-state index contributed by atoms with van der Waals surface area (Å²) in [6.45, 7) is 0. The second-order valence-corrected chi connectivity index (χ2v) is 4.89. The lowest BCUT2D eigenvalue weighted by molar-refractivity contribution is 0.0684. The number of carboxylic acid groups (broad SMARTS) is 1. The normalized spacial score (nSPS) is 11.2. The van der Waals surface area contributed by atoms with Crippen molar-refractivity contribution in [2.24, 2.45) is 10.2 Å². The van der Waals surface area contributed by atoms with E-state index >= 15 is 0 Å². The zero-order chi connectivity index (χ0) is 16.4. The zero-order valence-electron chi connectivity index (χ0n) is 12.4. The summed E-state index contributed by atoms with van der Waals surface area (Å²) in [5.74, 6) is -1.55. The van der Waals surface area contributed by atoms with Crippen LogP contribution in [0.15, 0.2) is 40.7 Å². The van der Waals surface area contributed by atoms with Crippen molar-refractivity contribution in [3.63, 3.8) is 0 Å². The van der Waals surface area contributed by atoms with Crippen LogP contribution in [0, 0.1) is 0 Å². The first-order valence-electron chi connectivity index (χ1n) is 6.69. The highest BCUT2D eigenvalue weighted by Crippen LogP contribution is 2.32. The van der Waals surface area contributed by atoms with Crippen LogP contribution in [0.1, 0.15) is 10.6 Å². The molecule has 0 fully saturated rings. The average molecular weight is 311 g/mol. The number of nitrogens with one attached hydrogen (secondary N) is 1. The Hall–Kier alpha value is -3.36. The van der Waals surface area contributed by atoms with Gasteiger partial charge in [-0.3, -0.25) is 10.1 Å². The largest absolute Gasteiger partial charge is 0.475 e. The van der Waals surface area contributed by atoms with E-state index in [4.69, 9.17) is 5.11 Å². The molecule has 0 amide bonds. The molecule has 23 heavy (non-hydrogen) atoms. The number of hydrogen-bond donors (Lipinski definition) is 2. The summed E-state index contributed by atoms with van der Waals surface area (Å²) in [6, 6.07) is 7.51. The molecule has 0 atom stereocenters. The average Bonchev–Trinajstić information content (AvgIpc) is 3.01. The van der Waals surface area contributed by atoms with Crippen LogP contribution in [-0.2, 0) is 0 Å². The molecular weight excluding hydrogens is 298 g/mol. The number of aromatic amines is 1. The Labute approximate surface area is 130 Å². The number of aromatic nitrogens is 4. The molecule has 0 saturated carbocycles. The molecular formula is C14H13N7O2. The van der Waals surface area contributed by atoms with Crippen molar-refractivity contribution in [3.05, 3.63) is 36.3 Å². The Morgan fingerprint density at radius 2 is 2.09 bits per heavy atom. The molecule has 0 aliphatic heterocycles.